The molecule has 0 atom stereocenters. The van der Waals surface area contributed by atoms with Crippen molar-refractivity contribution in [2.24, 2.45) is 0 Å². The highest BCUT2D eigenvalue weighted by atomic mass is 16.5. The molecule has 0 aliphatic carbocycles. The number of benzene rings is 2. The van der Waals surface area contributed by atoms with Crippen LogP contribution in [0.25, 0.3) is 11.1 Å². The fourth-order valence-corrected chi connectivity index (χ4v) is 1.91. The molecule has 2 aromatic rings. The van der Waals surface area contributed by atoms with E-state index >= 15 is 0 Å². The van der Waals surface area contributed by atoms with E-state index in [-0.39, 0.29) is 0 Å². The van der Waals surface area contributed by atoms with Crippen LogP contribution in [-0.2, 0) is 6.42 Å². The average Bonchev–Trinajstić information content (AvgIpc) is 2.77. The summed E-state index contributed by atoms with van der Waals surface area (Å²) in [6.45, 7) is 0.817. The van der Waals surface area contributed by atoms with Gasteiger partial charge in [-0.1, -0.05) is 36.4 Å². The topological polar surface area (TPSA) is 9.23 Å². The van der Waals surface area contributed by atoms with E-state index in [4.69, 9.17) is 4.74 Å². The minimum atomic E-state index is 0.817. The molecule has 15 heavy (non-hydrogen) atoms. The molecule has 0 N–H and O–H groups in total. The molecule has 0 bridgehead atoms. The Kier molecular flexibility index (Phi) is 1.95. The maximum absolute atomic E-state index is 5.55. The van der Waals surface area contributed by atoms with Crippen LogP contribution in [0.4, 0.5) is 0 Å². The van der Waals surface area contributed by atoms with E-state index in [1.807, 2.05) is 18.2 Å². The Balaban J connectivity index is 2.07. The SMILES string of the molecule is [c]1ccccc1-c1ccc2c(c1)OCC2. The van der Waals surface area contributed by atoms with Gasteiger partial charge in [0, 0.05) is 6.42 Å². The van der Waals surface area contributed by atoms with Crippen molar-refractivity contribution in [3.63, 3.8) is 0 Å². The second-order valence-electron chi connectivity index (χ2n) is 3.70. The number of hydrogen-bond acceptors (Lipinski definition) is 1. The zero-order chi connectivity index (χ0) is 10.1. The van der Waals surface area contributed by atoms with Gasteiger partial charge in [0.25, 0.3) is 0 Å². The Morgan fingerprint density at radius 2 is 2.13 bits per heavy atom. The predicted octanol–water partition coefficient (Wildman–Crippen LogP) is 3.09. The summed E-state index contributed by atoms with van der Waals surface area (Å²) in [5, 5.41) is 0. The summed E-state index contributed by atoms with van der Waals surface area (Å²) < 4.78 is 5.55. The predicted molar refractivity (Wildman–Crippen MR) is 59.9 cm³/mol. The lowest BCUT2D eigenvalue weighted by molar-refractivity contribution is 0.357. The lowest BCUT2D eigenvalue weighted by Crippen LogP contribution is -1.86. The molecule has 1 heteroatoms. The molecular weight excluding hydrogens is 184 g/mol. The van der Waals surface area contributed by atoms with Crippen molar-refractivity contribution in [2.45, 2.75) is 6.42 Å². The third-order valence-electron chi connectivity index (χ3n) is 2.72. The molecule has 0 spiro atoms. The molecule has 0 amide bonds. The van der Waals surface area contributed by atoms with E-state index in [1.165, 1.54) is 11.1 Å². The first-order chi connectivity index (χ1) is 7.43. The van der Waals surface area contributed by atoms with Crippen molar-refractivity contribution in [1.82, 2.24) is 0 Å². The Labute approximate surface area is 89.3 Å². The van der Waals surface area contributed by atoms with Crippen molar-refractivity contribution >= 4 is 0 Å². The van der Waals surface area contributed by atoms with Gasteiger partial charge in [-0.3, -0.25) is 0 Å². The first-order valence-corrected chi connectivity index (χ1v) is 5.16. The van der Waals surface area contributed by atoms with E-state index in [1.54, 1.807) is 0 Å². The minimum Gasteiger partial charge on any atom is -0.493 e. The number of hydrogen-bond donors (Lipinski definition) is 0. The van der Waals surface area contributed by atoms with Crippen LogP contribution in [0.1, 0.15) is 5.56 Å². The zero-order valence-corrected chi connectivity index (χ0v) is 8.36. The van der Waals surface area contributed by atoms with Crippen molar-refractivity contribution in [1.29, 1.82) is 0 Å². The van der Waals surface area contributed by atoms with Gasteiger partial charge < -0.3 is 4.74 Å². The fraction of sp³-hybridized carbons (Fsp3) is 0.143. The highest BCUT2D eigenvalue weighted by Gasteiger charge is 2.12. The summed E-state index contributed by atoms with van der Waals surface area (Å²) in [6, 6.07) is 17.6. The molecule has 73 valence electrons. The van der Waals surface area contributed by atoms with Crippen molar-refractivity contribution in [2.75, 3.05) is 6.61 Å². The van der Waals surface area contributed by atoms with Crippen LogP contribution in [0, 0.1) is 6.07 Å². The van der Waals surface area contributed by atoms with Crippen LogP contribution < -0.4 is 4.74 Å². The van der Waals surface area contributed by atoms with Crippen LogP contribution >= 0.6 is 0 Å². The van der Waals surface area contributed by atoms with Gasteiger partial charge in [0.2, 0.25) is 0 Å². The van der Waals surface area contributed by atoms with Crippen LogP contribution in [-0.4, -0.2) is 6.61 Å². The van der Waals surface area contributed by atoms with Gasteiger partial charge in [-0.25, -0.2) is 0 Å². The third kappa shape index (κ3) is 1.50. The number of ether oxygens (including phenoxy) is 1. The first-order valence-electron chi connectivity index (χ1n) is 5.16. The summed E-state index contributed by atoms with van der Waals surface area (Å²) in [6.07, 6.45) is 1.04. The first kappa shape index (κ1) is 8.54. The molecular formula is C14H11O. The van der Waals surface area contributed by atoms with Gasteiger partial charge in [-0.15, -0.1) is 0 Å². The quantitative estimate of drug-likeness (QED) is 0.679. The van der Waals surface area contributed by atoms with Crippen LogP contribution in [0.2, 0.25) is 0 Å². The lowest BCUT2D eigenvalue weighted by Gasteiger charge is -2.03. The fourth-order valence-electron chi connectivity index (χ4n) is 1.91. The maximum atomic E-state index is 5.55. The molecule has 0 unspecified atom stereocenters. The van der Waals surface area contributed by atoms with Crippen LogP contribution in [0.15, 0.2) is 42.5 Å². The van der Waals surface area contributed by atoms with Gasteiger partial charge in [-0.2, -0.15) is 0 Å². The van der Waals surface area contributed by atoms with E-state index in [2.05, 4.69) is 30.3 Å². The normalized spacial score (nSPS) is 13.3. The van der Waals surface area contributed by atoms with Gasteiger partial charge in [0.1, 0.15) is 5.75 Å². The van der Waals surface area contributed by atoms with E-state index < -0.39 is 0 Å². The number of rotatable bonds is 1. The smallest absolute Gasteiger partial charge is 0.123 e. The van der Waals surface area contributed by atoms with Crippen molar-refractivity contribution < 1.29 is 4.74 Å². The second kappa shape index (κ2) is 3.43. The molecule has 1 aliphatic heterocycles. The molecule has 3 rings (SSSR count). The van der Waals surface area contributed by atoms with Crippen molar-refractivity contribution in [3.8, 4) is 16.9 Å². The molecule has 1 radical (unpaired) electrons. The van der Waals surface area contributed by atoms with E-state index in [9.17, 15) is 0 Å². The van der Waals surface area contributed by atoms with Crippen molar-refractivity contribution in [3.05, 3.63) is 54.1 Å². The third-order valence-corrected chi connectivity index (χ3v) is 2.72. The molecule has 1 aliphatic rings. The molecule has 0 fully saturated rings. The average molecular weight is 195 g/mol. The number of fused-ring (bicyclic) bond motifs is 1. The van der Waals surface area contributed by atoms with E-state index in [0.29, 0.717) is 0 Å². The monoisotopic (exact) mass is 195 g/mol. The summed E-state index contributed by atoms with van der Waals surface area (Å²) in [4.78, 5) is 0. The van der Waals surface area contributed by atoms with Gasteiger partial charge in [0.05, 0.1) is 6.61 Å². The summed E-state index contributed by atoms with van der Waals surface area (Å²) in [7, 11) is 0. The Morgan fingerprint density at radius 3 is 3.00 bits per heavy atom. The lowest BCUT2D eigenvalue weighted by atomic mass is 10.0. The van der Waals surface area contributed by atoms with Gasteiger partial charge >= 0.3 is 0 Å². The standard InChI is InChI=1S/C14H11O/c1-2-4-11(5-3-1)13-7-6-12-8-9-15-14(12)10-13/h1-4,6-7,10H,8-9H2. The molecule has 2 aromatic carbocycles. The molecule has 1 heterocycles. The van der Waals surface area contributed by atoms with E-state index in [0.717, 1.165) is 24.3 Å². The Bertz CT molecular complexity index is 474. The molecule has 0 saturated carbocycles. The van der Waals surface area contributed by atoms with Crippen LogP contribution in [0.5, 0.6) is 5.75 Å². The largest absolute Gasteiger partial charge is 0.493 e. The molecule has 0 aromatic heterocycles. The molecule has 0 saturated heterocycles. The minimum absolute atomic E-state index is 0.817. The Hall–Kier alpha value is -1.76. The maximum Gasteiger partial charge on any atom is 0.123 e. The van der Waals surface area contributed by atoms with Gasteiger partial charge in [0.15, 0.2) is 0 Å². The van der Waals surface area contributed by atoms with Gasteiger partial charge in [-0.05, 0) is 28.8 Å². The molecule has 1 nitrogen and oxygen atoms in total. The highest BCUT2D eigenvalue weighted by molar-refractivity contribution is 5.65. The summed E-state index contributed by atoms with van der Waals surface area (Å²) >= 11 is 0. The Morgan fingerprint density at radius 1 is 1.13 bits per heavy atom. The highest BCUT2D eigenvalue weighted by Crippen LogP contribution is 2.30. The zero-order valence-electron chi connectivity index (χ0n) is 8.36. The van der Waals surface area contributed by atoms with Crippen LogP contribution in [0.3, 0.4) is 0 Å². The summed E-state index contributed by atoms with van der Waals surface area (Å²) in [5.41, 5.74) is 3.61. The summed E-state index contributed by atoms with van der Waals surface area (Å²) in [5.74, 6) is 1.03. The second-order valence-corrected chi connectivity index (χ2v) is 3.70.